The van der Waals surface area contributed by atoms with E-state index in [2.05, 4.69) is 22.6 Å². The molecule has 0 heterocycles. The maximum absolute atomic E-state index is 10.2. The molecule has 1 unspecified atom stereocenters. The molecule has 100 valence electrons. The Bertz CT molecular complexity index is 523. The fourth-order valence-corrected chi connectivity index (χ4v) is 2.74. The number of aliphatic hydroxyl groups excluding tert-OH is 1. The number of rotatable bonds is 5. The van der Waals surface area contributed by atoms with E-state index in [4.69, 9.17) is 4.74 Å². The summed E-state index contributed by atoms with van der Waals surface area (Å²) >= 11 is 2.26. The van der Waals surface area contributed by atoms with Crippen molar-refractivity contribution < 1.29 is 9.84 Å². The largest absolute Gasteiger partial charge is 0.497 e. The van der Waals surface area contributed by atoms with E-state index in [0.29, 0.717) is 0 Å². The summed E-state index contributed by atoms with van der Waals surface area (Å²) in [5.41, 5.74) is 2.22. The standard InChI is InChI=1S/C16H17IO2/c1-19-13-9-6-12(7-10-13)8-11-16(18)14-4-2-3-5-15(14)17/h2-7,9-10,16,18H,8,11H2,1H3. The lowest BCUT2D eigenvalue weighted by molar-refractivity contribution is 0.167. The number of methoxy groups -OCH3 is 1. The summed E-state index contributed by atoms with van der Waals surface area (Å²) in [6.07, 6.45) is 1.18. The van der Waals surface area contributed by atoms with E-state index < -0.39 is 6.10 Å². The van der Waals surface area contributed by atoms with Crippen LogP contribution in [0, 0.1) is 3.57 Å². The molecule has 0 aliphatic heterocycles. The molecule has 0 bridgehead atoms. The summed E-state index contributed by atoms with van der Waals surface area (Å²) in [7, 11) is 1.66. The molecule has 1 N–H and O–H groups in total. The molecular formula is C16H17IO2. The van der Waals surface area contributed by atoms with Gasteiger partial charge in [0.2, 0.25) is 0 Å². The molecule has 2 nitrogen and oxygen atoms in total. The highest BCUT2D eigenvalue weighted by Gasteiger charge is 2.10. The van der Waals surface area contributed by atoms with Crippen molar-refractivity contribution in [2.75, 3.05) is 7.11 Å². The van der Waals surface area contributed by atoms with Crippen molar-refractivity contribution in [2.24, 2.45) is 0 Å². The zero-order valence-corrected chi connectivity index (χ0v) is 13.0. The number of aliphatic hydroxyl groups is 1. The van der Waals surface area contributed by atoms with Crippen LogP contribution in [0.1, 0.15) is 23.7 Å². The van der Waals surface area contributed by atoms with E-state index in [9.17, 15) is 5.11 Å². The summed E-state index contributed by atoms with van der Waals surface area (Å²) in [5, 5.41) is 10.2. The van der Waals surface area contributed by atoms with Crippen molar-refractivity contribution in [3.8, 4) is 5.75 Å². The first-order valence-corrected chi connectivity index (χ1v) is 7.34. The fraction of sp³-hybridized carbons (Fsp3) is 0.250. The van der Waals surface area contributed by atoms with Gasteiger partial charge >= 0.3 is 0 Å². The average Bonchev–Trinajstić information content (AvgIpc) is 2.46. The first-order chi connectivity index (χ1) is 9.20. The number of aryl methyl sites for hydroxylation is 1. The van der Waals surface area contributed by atoms with Crippen LogP contribution in [0.25, 0.3) is 0 Å². The van der Waals surface area contributed by atoms with Crippen molar-refractivity contribution in [2.45, 2.75) is 18.9 Å². The summed E-state index contributed by atoms with van der Waals surface area (Å²) in [5.74, 6) is 0.863. The smallest absolute Gasteiger partial charge is 0.118 e. The topological polar surface area (TPSA) is 29.5 Å². The van der Waals surface area contributed by atoms with Crippen LogP contribution in [0.4, 0.5) is 0 Å². The summed E-state index contributed by atoms with van der Waals surface area (Å²) in [6.45, 7) is 0. The molecule has 0 aliphatic carbocycles. The second kappa shape index (κ2) is 6.91. The minimum atomic E-state index is -0.407. The van der Waals surface area contributed by atoms with Gasteiger partial charge in [-0.15, -0.1) is 0 Å². The molecule has 0 saturated carbocycles. The Kier molecular flexibility index (Phi) is 5.22. The predicted molar refractivity (Wildman–Crippen MR) is 85.4 cm³/mol. The lowest BCUT2D eigenvalue weighted by atomic mass is 10.0. The summed E-state index contributed by atoms with van der Waals surface area (Å²) in [4.78, 5) is 0. The van der Waals surface area contributed by atoms with E-state index in [0.717, 1.165) is 27.7 Å². The molecule has 1 atom stereocenters. The van der Waals surface area contributed by atoms with Gasteiger partial charge in [-0.3, -0.25) is 0 Å². The monoisotopic (exact) mass is 368 g/mol. The van der Waals surface area contributed by atoms with Crippen LogP contribution in [-0.4, -0.2) is 12.2 Å². The zero-order valence-electron chi connectivity index (χ0n) is 10.8. The molecule has 0 aromatic heterocycles. The zero-order chi connectivity index (χ0) is 13.7. The fourth-order valence-electron chi connectivity index (χ4n) is 2.00. The highest BCUT2D eigenvalue weighted by atomic mass is 127. The molecule has 2 rings (SSSR count). The van der Waals surface area contributed by atoms with E-state index in [1.165, 1.54) is 5.56 Å². The highest BCUT2D eigenvalue weighted by Crippen LogP contribution is 2.24. The first kappa shape index (κ1) is 14.3. The number of benzene rings is 2. The van der Waals surface area contributed by atoms with Gasteiger partial charge in [-0.25, -0.2) is 0 Å². The molecule has 2 aromatic carbocycles. The Labute approximate surface area is 127 Å². The molecule has 0 aliphatic rings. The molecule has 0 fully saturated rings. The van der Waals surface area contributed by atoms with Gasteiger partial charge in [0.25, 0.3) is 0 Å². The van der Waals surface area contributed by atoms with E-state index in [-0.39, 0.29) is 0 Å². The third-order valence-electron chi connectivity index (χ3n) is 3.13. The van der Waals surface area contributed by atoms with Gasteiger partial charge in [-0.05, 0) is 64.8 Å². The maximum atomic E-state index is 10.2. The SMILES string of the molecule is COc1ccc(CCC(O)c2ccccc2I)cc1. The van der Waals surface area contributed by atoms with Gasteiger partial charge in [0, 0.05) is 3.57 Å². The Morgan fingerprint density at radius 2 is 1.79 bits per heavy atom. The third kappa shape index (κ3) is 3.94. The Morgan fingerprint density at radius 1 is 1.11 bits per heavy atom. The molecular weight excluding hydrogens is 351 g/mol. The maximum Gasteiger partial charge on any atom is 0.118 e. The number of halogens is 1. The average molecular weight is 368 g/mol. The molecule has 0 radical (unpaired) electrons. The van der Waals surface area contributed by atoms with Gasteiger partial charge in [0.05, 0.1) is 13.2 Å². The predicted octanol–water partition coefficient (Wildman–Crippen LogP) is 3.97. The van der Waals surface area contributed by atoms with Crippen LogP contribution in [0.2, 0.25) is 0 Å². The Hall–Kier alpha value is -1.07. The van der Waals surface area contributed by atoms with E-state index in [1.54, 1.807) is 7.11 Å². The minimum Gasteiger partial charge on any atom is -0.497 e. The Balaban J connectivity index is 1.96. The van der Waals surface area contributed by atoms with Crippen LogP contribution in [0.3, 0.4) is 0 Å². The second-order valence-electron chi connectivity index (χ2n) is 4.42. The van der Waals surface area contributed by atoms with Crippen molar-refractivity contribution in [1.29, 1.82) is 0 Å². The van der Waals surface area contributed by atoms with Gasteiger partial charge in [0.1, 0.15) is 5.75 Å². The van der Waals surface area contributed by atoms with Crippen LogP contribution in [0.5, 0.6) is 5.75 Å². The lowest BCUT2D eigenvalue weighted by Gasteiger charge is -2.13. The van der Waals surface area contributed by atoms with E-state index in [1.807, 2.05) is 48.5 Å². The Morgan fingerprint density at radius 3 is 2.42 bits per heavy atom. The first-order valence-electron chi connectivity index (χ1n) is 6.26. The quantitative estimate of drug-likeness (QED) is 0.810. The van der Waals surface area contributed by atoms with Gasteiger partial charge in [-0.1, -0.05) is 30.3 Å². The van der Waals surface area contributed by atoms with Crippen LogP contribution < -0.4 is 4.74 Å². The molecule has 2 aromatic rings. The van der Waals surface area contributed by atoms with Crippen LogP contribution in [0.15, 0.2) is 48.5 Å². The number of hydrogen-bond acceptors (Lipinski definition) is 2. The highest BCUT2D eigenvalue weighted by molar-refractivity contribution is 14.1. The summed E-state index contributed by atoms with van der Waals surface area (Å²) in [6, 6.07) is 16.0. The van der Waals surface area contributed by atoms with Crippen molar-refractivity contribution >= 4 is 22.6 Å². The number of ether oxygens (including phenoxy) is 1. The van der Waals surface area contributed by atoms with Crippen molar-refractivity contribution in [3.63, 3.8) is 0 Å². The lowest BCUT2D eigenvalue weighted by Crippen LogP contribution is -2.01. The summed E-state index contributed by atoms with van der Waals surface area (Å²) < 4.78 is 6.24. The van der Waals surface area contributed by atoms with Gasteiger partial charge < -0.3 is 9.84 Å². The van der Waals surface area contributed by atoms with Crippen molar-refractivity contribution in [3.05, 3.63) is 63.2 Å². The molecule has 19 heavy (non-hydrogen) atoms. The second-order valence-corrected chi connectivity index (χ2v) is 5.59. The molecule has 3 heteroatoms. The van der Waals surface area contributed by atoms with Crippen LogP contribution >= 0.6 is 22.6 Å². The van der Waals surface area contributed by atoms with Gasteiger partial charge in [-0.2, -0.15) is 0 Å². The van der Waals surface area contributed by atoms with E-state index >= 15 is 0 Å². The molecule has 0 saturated heterocycles. The molecule has 0 spiro atoms. The third-order valence-corrected chi connectivity index (χ3v) is 4.11. The molecule has 0 amide bonds. The minimum absolute atomic E-state index is 0.407. The number of hydrogen-bond donors (Lipinski definition) is 1. The normalized spacial score (nSPS) is 12.2. The van der Waals surface area contributed by atoms with Crippen molar-refractivity contribution in [1.82, 2.24) is 0 Å². The van der Waals surface area contributed by atoms with Crippen LogP contribution in [-0.2, 0) is 6.42 Å². The van der Waals surface area contributed by atoms with Gasteiger partial charge in [0.15, 0.2) is 0 Å².